The Labute approximate surface area is 85.6 Å². The molecule has 0 radical (unpaired) electrons. The molecule has 0 fully saturated rings. The van der Waals surface area contributed by atoms with E-state index in [1.807, 2.05) is 18.2 Å². The topological polar surface area (TPSA) is 79.6 Å². The predicted octanol–water partition coefficient (Wildman–Crippen LogP) is -0.779. The van der Waals surface area contributed by atoms with E-state index in [1.165, 1.54) is 0 Å². The lowest BCUT2D eigenvalue weighted by Crippen LogP contribution is -2.31. The smallest absolute Gasteiger partial charge is 0.197 e. The number of furan rings is 1. The number of para-hydroxylation sites is 1. The zero-order chi connectivity index (χ0) is 11.0. The van der Waals surface area contributed by atoms with Crippen LogP contribution in [-0.2, 0) is 0 Å². The minimum atomic E-state index is -1.73. The van der Waals surface area contributed by atoms with Crippen LogP contribution in [0, 0.1) is 0 Å². The number of fused-ring (bicyclic) bond motifs is 1. The Hall–Kier alpha value is -1.78. The van der Waals surface area contributed by atoms with Gasteiger partial charge in [-0.25, -0.2) is 0 Å². The van der Waals surface area contributed by atoms with E-state index < -0.39 is 6.29 Å². The summed E-state index contributed by atoms with van der Waals surface area (Å²) in [4.78, 5) is 0. The molecule has 2 rings (SSSR count). The summed E-state index contributed by atoms with van der Waals surface area (Å²) in [5, 5.41) is 19.2. The van der Waals surface area contributed by atoms with Gasteiger partial charge in [0.05, 0.1) is 0 Å². The number of aliphatic hydroxyl groups excluding tert-OH is 1. The molecule has 1 aromatic carbocycles. The van der Waals surface area contributed by atoms with Crippen LogP contribution in [0.1, 0.15) is 0 Å². The zero-order valence-electron chi connectivity index (χ0n) is 7.97. The molecule has 4 nitrogen and oxygen atoms in total. The van der Waals surface area contributed by atoms with E-state index in [0.717, 1.165) is 5.39 Å². The van der Waals surface area contributed by atoms with Gasteiger partial charge in [-0.3, -0.25) is 0 Å². The van der Waals surface area contributed by atoms with Gasteiger partial charge in [-0.2, -0.15) is 0 Å². The summed E-state index contributed by atoms with van der Waals surface area (Å²) < 4.78 is 5.38. The predicted molar refractivity (Wildman–Crippen MR) is 56.8 cm³/mol. The molecule has 78 valence electrons. The van der Waals surface area contributed by atoms with Gasteiger partial charge in [0.15, 0.2) is 11.7 Å². The zero-order valence-corrected chi connectivity index (χ0v) is 7.97. The van der Waals surface area contributed by atoms with Crippen molar-refractivity contribution in [3.63, 3.8) is 0 Å². The van der Waals surface area contributed by atoms with Crippen LogP contribution in [0.15, 0.2) is 28.7 Å². The molecular formula is C11H11NO3. The van der Waals surface area contributed by atoms with E-state index >= 15 is 0 Å². The second kappa shape index (κ2) is 3.42. The van der Waals surface area contributed by atoms with Gasteiger partial charge in [0.25, 0.3) is 0 Å². The van der Waals surface area contributed by atoms with Crippen LogP contribution in [0.2, 0.25) is 0 Å². The molecule has 0 bridgehead atoms. The van der Waals surface area contributed by atoms with Crippen LogP contribution in [0.3, 0.4) is 0 Å². The van der Waals surface area contributed by atoms with Gasteiger partial charge < -0.3 is 20.4 Å². The summed E-state index contributed by atoms with van der Waals surface area (Å²) in [5.41, 5.74) is 6.21. The van der Waals surface area contributed by atoms with Crippen molar-refractivity contribution >= 4 is 23.2 Å². The molecule has 4 heteroatoms. The highest BCUT2D eigenvalue weighted by Crippen LogP contribution is 2.06. The molecule has 0 amide bonds. The maximum Gasteiger partial charge on any atom is 0.197 e. The van der Waals surface area contributed by atoms with Gasteiger partial charge in [-0.05, 0) is 6.07 Å². The van der Waals surface area contributed by atoms with Gasteiger partial charge in [-0.1, -0.05) is 24.8 Å². The minimum absolute atomic E-state index is 0.129. The molecule has 0 saturated carbocycles. The van der Waals surface area contributed by atoms with Crippen molar-refractivity contribution in [1.82, 2.24) is 0 Å². The first-order valence-corrected chi connectivity index (χ1v) is 4.43. The number of hydrogen-bond donors (Lipinski definition) is 3. The Morgan fingerprint density at radius 3 is 2.60 bits per heavy atom. The summed E-state index contributed by atoms with van der Waals surface area (Å²) >= 11 is 0. The van der Waals surface area contributed by atoms with Crippen molar-refractivity contribution < 1.29 is 14.6 Å². The van der Waals surface area contributed by atoms with Crippen molar-refractivity contribution in [2.45, 2.75) is 6.29 Å². The van der Waals surface area contributed by atoms with Crippen LogP contribution in [-0.4, -0.2) is 16.5 Å². The third-order valence-corrected chi connectivity index (χ3v) is 2.24. The van der Waals surface area contributed by atoms with Gasteiger partial charge in [0, 0.05) is 10.6 Å². The minimum Gasteiger partial charge on any atom is -0.454 e. The fourth-order valence-corrected chi connectivity index (χ4v) is 1.45. The quantitative estimate of drug-likeness (QED) is 0.534. The number of rotatable bonds is 1. The Morgan fingerprint density at radius 2 is 2.00 bits per heavy atom. The van der Waals surface area contributed by atoms with Crippen molar-refractivity contribution in [1.29, 1.82) is 0 Å². The molecular weight excluding hydrogens is 194 g/mol. The first-order valence-electron chi connectivity index (χ1n) is 4.43. The number of hydrogen-bond acceptors (Lipinski definition) is 4. The maximum absolute atomic E-state index is 8.93. The lowest BCUT2D eigenvalue weighted by molar-refractivity contribution is 0.00787. The third kappa shape index (κ3) is 1.49. The fourth-order valence-electron chi connectivity index (χ4n) is 1.45. The molecule has 0 aliphatic carbocycles. The number of aliphatic hydroxyl groups is 2. The summed E-state index contributed by atoms with van der Waals surface area (Å²) in [5.74, 6) is 0. The van der Waals surface area contributed by atoms with Crippen LogP contribution in [0.5, 0.6) is 0 Å². The molecule has 0 saturated heterocycles. The molecule has 0 spiro atoms. The molecule has 0 atom stereocenters. The summed E-state index contributed by atoms with van der Waals surface area (Å²) in [6.07, 6.45) is -1.73. The van der Waals surface area contributed by atoms with Crippen molar-refractivity contribution in [3.05, 3.63) is 34.9 Å². The van der Waals surface area contributed by atoms with Gasteiger partial charge >= 0.3 is 0 Å². The fraction of sp³-hybridized carbons (Fsp3) is 0.0909. The Kier molecular flexibility index (Phi) is 2.22. The Balaban J connectivity index is 2.91. The van der Waals surface area contributed by atoms with E-state index in [9.17, 15) is 0 Å². The highest BCUT2D eigenvalue weighted by Gasteiger charge is 2.08. The molecule has 4 N–H and O–H groups in total. The van der Waals surface area contributed by atoms with E-state index in [-0.39, 0.29) is 11.1 Å². The molecule has 1 heterocycles. The monoisotopic (exact) mass is 205 g/mol. The second-order valence-corrected chi connectivity index (χ2v) is 3.23. The SMILES string of the molecule is C=c1c(=C(N)C(O)O)oc2ccccc12. The van der Waals surface area contributed by atoms with Crippen LogP contribution in [0.4, 0.5) is 0 Å². The lowest BCUT2D eigenvalue weighted by Gasteiger charge is -1.99. The van der Waals surface area contributed by atoms with Crippen LogP contribution in [0.25, 0.3) is 23.2 Å². The molecule has 0 unspecified atom stereocenters. The average molecular weight is 205 g/mol. The Morgan fingerprint density at radius 1 is 1.33 bits per heavy atom. The van der Waals surface area contributed by atoms with E-state index in [4.69, 9.17) is 20.4 Å². The molecule has 15 heavy (non-hydrogen) atoms. The normalized spacial score (nSPS) is 13.5. The second-order valence-electron chi connectivity index (χ2n) is 3.23. The standard InChI is InChI=1S/C11H11NO3/c1-6-7-4-2-3-5-8(7)15-10(6)9(12)11(13)14/h2-5,11,13-14H,1,12H2. The maximum atomic E-state index is 8.93. The lowest BCUT2D eigenvalue weighted by atomic mass is 10.2. The van der Waals surface area contributed by atoms with Gasteiger partial charge in [0.1, 0.15) is 11.3 Å². The molecule has 0 aliphatic rings. The Bertz CT molecular complexity index is 598. The summed E-state index contributed by atoms with van der Waals surface area (Å²) in [6, 6.07) is 7.27. The van der Waals surface area contributed by atoms with Gasteiger partial charge in [-0.15, -0.1) is 0 Å². The first kappa shape index (κ1) is 9.76. The van der Waals surface area contributed by atoms with Crippen molar-refractivity contribution in [2.24, 2.45) is 5.73 Å². The number of benzene rings is 1. The largest absolute Gasteiger partial charge is 0.454 e. The molecule has 1 aromatic heterocycles. The van der Waals surface area contributed by atoms with Crippen LogP contribution >= 0.6 is 0 Å². The van der Waals surface area contributed by atoms with Gasteiger partial charge in [0.2, 0.25) is 0 Å². The summed E-state index contributed by atoms with van der Waals surface area (Å²) in [6.45, 7) is 3.80. The average Bonchev–Trinajstić information content (AvgIpc) is 2.56. The summed E-state index contributed by atoms with van der Waals surface area (Å²) in [7, 11) is 0. The van der Waals surface area contributed by atoms with E-state index in [2.05, 4.69) is 6.58 Å². The van der Waals surface area contributed by atoms with Crippen molar-refractivity contribution in [3.8, 4) is 0 Å². The van der Waals surface area contributed by atoms with Crippen molar-refractivity contribution in [2.75, 3.05) is 0 Å². The third-order valence-electron chi connectivity index (χ3n) is 2.24. The first-order chi connectivity index (χ1) is 7.11. The highest BCUT2D eigenvalue weighted by molar-refractivity contribution is 5.78. The molecule has 0 aliphatic heterocycles. The van der Waals surface area contributed by atoms with E-state index in [1.54, 1.807) is 6.07 Å². The number of nitrogens with two attached hydrogens (primary N) is 1. The van der Waals surface area contributed by atoms with Crippen LogP contribution < -0.4 is 16.4 Å². The van der Waals surface area contributed by atoms with E-state index in [0.29, 0.717) is 10.8 Å². The molecule has 2 aromatic rings. The highest BCUT2D eigenvalue weighted by atomic mass is 16.5.